The van der Waals surface area contributed by atoms with Gasteiger partial charge in [-0.1, -0.05) is 42.5 Å². The highest BCUT2D eigenvalue weighted by molar-refractivity contribution is 5.93. The van der Waals surface area contributed by atoms with E-state index in [1.54, 1.807) is 25.3 Å². The molecule has 0 aliphatic carbocycles. The van der Waals surface area contributed by atoms with E-state index in [1.807, 2.05) is 62.5 Å². The summed E-state index contributed by atoms with van der Waals surface area (Å²) < 4.78 is 25.2. The fourth-order valence-corrected chi connectivity index (χ4v) is 3.18. The number of quaternary nitrogens is 1. The Kier molecular flexibility index (Phi) is 7.62. The van der Waals surface area contributed by atoms with Crippen LogP contribution in [-0.2, 0) is 17.9 Å². The first kappa shape index (κ1) is 22.3. The number of likely N-dealkylation sites (N-methyl/N-ethyl adjacent to an activating group) is 1. The highest BCUT2D eigenvalue weighted by atomic mass is 19.1. The highest BCUT2D eigenvalue weighted by Gasteiger charge is 2.23. The van der Waals surface area contributed by atoms with Crippen molar-refractivity contribution in [1.82, 2.24) is 0 Å². The Labute approximate surface area is 182 Å². The SMILES string of the molecule is COc1cc(C[NH+](C)[C@H](C)C(=O)Nc2ccccc2F)ccc1OCc1ccccc1. The normalized spacial score (nSPS) is 12.6. The first-order valence-corrected chi connectivity index (χ1v) is 10.2. The molecule has 0 bridgehead atoms. The Hall–Kier alpha value is -3.38. The van der Waals surface area contributed by atoms with Gasteiger partial charge >= 0.3 is 0 Å². The van der Waals surface area contributed by atoms with Crippen LogP contribution in [0.15, 0.2) is 72.8 Å². The third kappa shape index (κ3) is 6.06. The highest BCUT2D eigenvalue weighted by Crippen LogP contribution is 2.28. The summed E-state index contributed by atoms with van der Waals surface area (Å²) in [5, 5.41) is 2.66. The molecule has 0 aliphatic heterocycles. The molecule has 0 radical (unpaired) electrons. The lowest BCUT2D eigenvalue weighted by molar-refractivity contribution is -0.907. The van der Waals surface area contributed by atoms with Crippen LogP contribution in [0.5, 0.6) is 11.5 Å². The largest absolute Gasteiger partial charge is 0.493 e. The smallest absolute Gasteiger partial charge is 0.282 e. The third-order valence-corrected chi connectivity index (χ3v) is 5.21. The zero-order valence-electron chi connectivity index (χ0n) is 18.0. The molecule has 3 aromatic carbocycles. The van der Waals surface area contributed by atoms with E-state index in [0.29, 0.717) is 24.7 Å². The van der Waals surface area contributed by atoms with Crippen molar-refractivity contribution in [3.8, 4) is 11.5 Å². The summed E-state index contributed by atoms with van der Waals surface area (Å²) in [7, 11) is 3.54. The van der Waals surface area contributed by atoms with Gasteiger partial charge < -0.3 is 19.7 Å². The van der Waals surface area contributed by atoms with Crippen molar-refractivity contribution in [1.29, 1.82) is 0 Å². The number of halogens is 1. The fourth-order valence-electron chi connectivity index (χ4n) is 3.18. The zero-order chi connectivity index (χ0) is 22.2. The molecular weight excluding hydrogens is 395 g/mol. The number of carbonyl (C=O) groups excluding carboxylic acids is 1. The van der Waals surface area contributed by atoms with E-state index in [9.17, 15) is 9.18 Å². The number of amides is 1. The summed E-state index contributed by atoms with van der Waals surface area (Å²) in [6.07, 6.45) is 0. The van der Waals surface area contributed by atoms with Crippen LogP contribution in [-0.4, -0.2) is 26.1 Å². The Balaban J connectivity index is 1.61. The third-order valence-electron chi connectivity index (χ3n) is 5.21. The molecule has 1 amide bonds. The Morgan fingerprint density at radius 1 is 1.00 bits per heavy atom. The van der Waals surface area contributed by atoms with Gasteiger partial charge in [0.05, 0.1) is 19.8 Å². The van der Waals surface area contributed by atoms with Gasteiger partial charge in [0, 0.05) is 5.56 Å². The van der Waals surface area contributed by atoms with Gasteiger partial charge in [-0.3, -0.25) is 4.79 Å². The average molecular weight is 424 g/mol. The molecule has 2 N–H and O–H groups in total. The van der Waals surface area contributed by atoms with Crippen LogP contribution in [0.25, 0.3) is 0 Å². The van der Waals surface area contributed by atoms with Gasteiger partial charge in [-0.05, 0) is 42.8 Å². The van der Waals surface area contributed by atoms with E-state index in [4.69, 9.17) is 9.47 Å². The second-order valence-electron chi connectivity index (χ2n) is 7.47. The van der Waals surface area contributed by atoms with Crippen molar-refractivity contribution in [3.63, 3.8) is 0 Å². The summed E-state index contributed by atoms with van der Waals surface area (Å²) in [5.41, 5.74) is 2.27. The van der Waals surface area contributed by atoms with Gasteiger partial charge in [-0.2, -0.15) is 0 Å². The number of methoxy groups -OCH3 is 1. The minimum absolute atomic E-state index is 0.189. The molecule has 5 nitrogen and oxygen atoms in total. The monoisotopic (exact) mass is 423 g/mol. The van der Waals surface area contributed by atoms with Crippen LogP contribution in [0.4, 0.5) is 10.1 Å². The summed E-state index contributed by atoms with van der Waals surface area (Å²) in [6.45, 7) is 2.87. The van der Waals surface area contributed by atoms with E-state index >= 15 is 0 Å². The Bertz CT molecular complexity index is 1010. The van der Waals surface area contributed by atoms with Crippen molar-refractivity contribution in [2.24, 2.45) is 0 Å². The van der Waals surface area contributed by atoms with E-state index in [1.165, 1.54) is 6.07 Å². The molecule has 1 unspecified atom stereocenters. The number of hydrogen-bond acceptors (Lipinski definition) is 3. The van der Waals surface area contributed by atoms with Crippen LogP contribution in [0.3, 0.4) is 0 Å². The average Bonchev–Trinajstić information content (AvgIpc) is 2.79. The predicted molar refractivity (Wildman–Crippen MR) is 119 cm³/mol. The molecule has 0 aliphatic rings. The first-order chi connectivity index (χ1) is 15.0. The lowest BCUT2D eigenvalue weighted by Crippen LogP contribution is -3.12. The first-order valence-electron chi connectivity index (χ1n) is 10.2. The van der Waals surface area contributed by atoms with E-state index in [2.05, 4.69) is 5.32 Å². The maximum atomic E-state index is 13.8. The number of carbonyl (C=O) groups is 1. The van der Waals surface area contributed by atoms with Crippen molar-refractivity contribution < 1.29 is 23.6 Å². The summed E-state index contributed by atoms with van der Waals surface area (Å²) in [4.78, 5) is 13.5. The molecule has 31 heavy (non-hydrogen) atoms. The maximum Gasteiger partial charge on any atom is 0.282 e. The van der Waals surface area contributed by atoms with Crippen LogP contribution in [0.2, 0.25) is 0 Å². The number of anilines is 1. The summed E-state index contributed by atoms with van der Waals surface area (Å²) in [5.74, 6) is 0.622. The molecular formula is C25H28FN2O3+. The van der Waals surface area contributed by atoms with Crippen molar-refractivity contribution in [2.75, 3.05) is 19.5 Å². The fraction of sp³-hybridized carbons (Fsp3) is 0.240. The maximum absolute atomic E-state index is 13.8. The Morgan fingerprint density at radius 3 is 2.42 bits per heavy atom. The molecule has 2 atom stereocenters. The van der Waals surface area contributed by atoms with E-state index in [-0.39, 0.29) is 17.6 Å². The lowest BCUT2D eigenvalue weighted by Gasteiger charge is -2.22. The zero-order valence-corrected chi connectivity index (χ0v) is 18.0. The molecule has 0 spiro atoms. The number of nitrogens with one attached hydrogen (secondary N) is 2. The standard InChI is InChI=1S/C25H27FN2O3/c1-18(25(29)27-22-12-8-7-11-21(22)26)28(2)16-20-13-14-23(24(15-20)30-3)31-17-19-9-5-4-6-10-19/h4-15,18H,16-17H2,1-3H3,(H,27,29)/p+1/t18-/m1/s1. The van der Waals surface area contributed by atoms with Gasteiger partial charge in [0.15, 0.2) is 17.5 Å². The Morgan fingerprint density at radius 2 is 1.71 bits per heavy atom. The van der Waals surface area contributed by atoms with E-state index < -0.39 is 5.82 Å². The van der Waals surface area contributed by atoms with Crippen molar-refractivity contribution >= 4 is 11.6 Å². The van der Waals surface area contributed by atoms with Crippen molar-refractivity contribution in [3.05, 3.63) is 89.7 Å². The number of ether oxygens (including phenoxy) is 2. The number of benzene rings is 3. The van der Waals surface area contributed by atoms with Crippen molar-refractivity contribution in [2.45, 2.75) is 26.1 Å². The van der Waals surface area contributed by atoms with Crippen LogP contribution >= 0.6 is 0 Å². The molecule has 6 heteroatoms. The second kappa shape index (κ2) is 10.6. The van der Waals surface area contributed by atoms with Crippen LogP contribution < -0.4 is 19.7 Å². The number of hydrogen-bond donors (Lipinski definition) is 2. The number of para-hydroxylation sites is 1. The lowest BCUT2D eigenvalue weighted by atomic mass is 10.1. The van der Waals surface area contributed by atoms with Gasteiger partial charge in [0.1, 0.15) is 19.0 Å². The van der Waals surface area contributed by atoms with Crippen LogP contribution in [0.1, 0.15) is 18.1 Å². The van der Waals surface area contributed by atoms with Gasteiger partial charge in [-0.15, -0.1) is 0 Å². The minimum atomic E-state index is -0.448. The van der Waals surface area contributed by atoms with Gasteiger partial charge in [0.25, 0.3) is 5.91 Å². The van der Waals surface area contributed by atoms with Gasteiger partial charge in [0.2, 0.25) is 0 Å². The molecule has 0 saturated carbocycles. The van der Waals surface area contributed by atoms with E-state index in [0.717, 1.165) is 16.0 Å². The molecule has 0 aromatic heterocycles. The topological polar surface area (TPSA) is 52.0 Å². The number of rotatable bonds is 9. The molecule has 3 aromatic rings. The quantitative estimate of drug-likeness (QED) is 0.554. The predicted octanol–water partition coefficient (Wildman–Crippen LogP) is 3.46. The molecule has 162 valence electrons. The molecule has 0 saturated heterocycles. The molecule has 0 heterocycles. The van der Waals surface area contributed by atoms with Gasteiger partial charge in [-0.25, -0.2) is 4.39 Å². The minimum Gasteiger partial charge on any atom is -0.493 e. The summed E-state index contributed by atoms with van der Waals surface area (Å²) in [6, 6.07) is 21.5. The molecule has 3 rings (SSSR count). The van der Waals surface area contributed by atoms with Crippen LogP contribution in [0, 0.1) is 5.82 Å². The summed E-state index contributed by atoms with van der Waals surface area (Å²) >= 11 is 0. The second-order valence-corrected chi connectivity index (χ2v) is 7.47. The molecule has 0 fully saturated rings.